The maximum Gasteiger partial charge on any atom is 0.273 e. The average molecular weight is 530 g/mol. The number of hydrogen-bond acceptors (Lipinski definition) is 4. The van der Waals surface area contributed by atoms with Crippen LogP contribution >= 0.6 is 0 Å². The van der Waals surface area contributed by atoms with Crippen molar-refractivity contribution >= 4 is 22.5 Å². The van der Waals surface area contributed by atoms with Gasteiger partial charge in [0.2, 0.25) is 0 Å². The normalized spacial score (nSPS) is 22.2. The maximum atomic E-state index is 13.7. The van der Waals surface area contributed by atoms with E-state index in [9.17, 15) is 14.4 Å². The van der Waals surface area contributed by atoms with E-state index < -0.39 is 0 Å². The van der Waals surface area contributed by atoms with Crippen molar-refractivity contribution in [3.8, 4) is 11.8 Å². The third-order valence-electron chi connectivity index (χ3n) is 8.40. The van der Waals surface area contributed by atoms with Crippen molar-refractivity contribution < 1.29 is 9.18 Å². The van der Waals surface area contributed by atoms with Crippen molar-refractivity contribution in [2.45, 2.75) is 25.2 Å². The molecule has 3 atom stereocenters. The van der Waals surface area contributed by atoms with Crippen LogP contribution in [0.5, 0.6) is 0 Å². The number of aryl methyl sites for hydroxylation is 1. The highest BCUT2D eigenvalue weighted by Gasteiger charge is 2.71. The molecule has 3 aromatic carbocycles. The number of carbonyl (C=O) groups is 1. The van der Waals surface area contributed by atoms with Crippen LogP contribution in [-0.4, -0.2) is 39.4 Å². The lowest BCUT2D eigenvalue weighted by Crippen LogP contribution is -2.39. The van der Waals surface area contributed by atoms with Gasteiger partial charge in [0.1, 0.15) is 17.6 Å². The highest BCUT2D eigenvalue weighted by Crippen LogP contribution is 2.69. The molecule has 2 heterocycles. The Balaban J connectivity index is 1.42. The van der Waals surface area contributed by atoms with Crippen molar-refractivity contribution in [2.75, 3.05) is 13.1 Å². The predicted molar refractivity (Wildman–Crippen MR) is 154 cm³/mol. The van der Waals surface area contributed by atoms with Gasteiger partial charge in [-0.25, -0.2) is 9.07 Å². The van der Waals surface area contributed by atoms with Crippen LogP contribution in [-0.2, 0) is 10.2 Å². The van der Waals surface area contributed by atoms with Crippen molar-refractivity contribution in [3.63, 3.8) is 0 Å². The molecule has 1 amide bonds. The molecule has 0 spiro atoms. The number of likely N-dealkylation sites (tertiary alicyclic amines) is 1. The monoisotopic (exact) mass is 529 g/mol. The quantitative estimate of drug-likeness (QED) is 0.226. The SMILES string of the molecule is C=CN=C(C(=O)N1C[C@@H]2[C@@H](c3ccccc3)[C@]2(c2cc3cnn(-c4ccc(F)cc4)c3cc2C)C1)/C(C#N)=C\C. The number of benzene rings is 3. The lowest BCUT2D eigenvalue weighted by molar-refractivity contribution is -0.123. The summed E-state index contributed by atoms with van der Waals surface area (Å²) >= 11 is 0. The number of nitriles is 1. The molecule has 4 aromatic rings. The molecule has 2 fully saturated rings. The first-order valence-corrected chi connectivity index (χ1v) is 13.3. The second kappa shape index (κ2) is 9.73. The number of allylic oxidation sites excluding steroid dienone is 1. The molecule has 0 radical (unpaired) electrons. The van der Waals surface area contributed by atoms with E-state index in [-0.39, 0.29) is 40.3 Å². The second-order valence-electron chi connectivity index (χ2n) is 10.5. The van der Waals surface area contributed by atoms with E-state index in [1.54, 1.807) is 25.1 Å². The van der Waals surface area contributed by atoms with Gasteiger partial charge < -0.3 is 4.90 Å². The molecule has 0 unspecified atom stereocenters. The Hall–Kier alpha value is -4.83. The number of halogens is 1. The number of hydrogen-bond donors (Lipinski definition) is 0. The van der Waals surface area contributed by atoms with Gasteiger partial charge in [-0.15, -0.1) is 0 Å². The van der Waals surface area contributed by atoms with E-state index in [2.05, 4.69) is 66.1 Å². The summed E-state index contributed by atoms with van der Waals surface area (Å²) in [6.45, 7) is 8.57. The Kier molecular flexibility index (Phi) is 6.19. The third kappa shape index (κ3) is 3.87. The maximum absolute atomic E-state index is 13.7. The number of carbonyl (C=O) groups excluding carboxylic acids is 1. The number of fused-ring (bicyclic) bond motifs is 2. The van der Waals surface area contributed by atoms with Gasteiger partial charge in [0.05, 0.1) is 23.0 Å². The van der Waals surface area contributed by atoms with Crippen LogP contribution in [0.1, 0.15) is 29.5 Å². The van der Waals surface area contributed by atoms with Crippen molar-refractivity contribution in [1.82, 2.24) is 14.7 Å². The summed E-state index contributed by atoms with van der Waals surface area (Å²) in [6, 6.07) is 23.2. The number of piperidine rings is 1. The van der Waals surface area contributed by atoms with Crippen LogP contribution in [0.2, 0.25) is 0 Å². The summed E-state index contributed by atoms with van der Waals surface area (Å²) in [6.07, 6.45) is 4.76. The molecule has 0 N–H and O–H groups in total. The van der Waals surface area contributed by atoms with E-state index in [4.69, 9.17) is 0 Å². The summed E-state index contributed by atoms with van der Waals surface area (Å²) in [4.78, 5) is 19.7. The Bertz CT molecular complexity index is 1750. The van der Waals surface area contributed by atoms with Gasteiger partial charge in [-0.3, -0.25) is 9.79 Å². The molecular weight excluding hydrogens is 501 g/mol. The van der Waals surface area contributed by atoms with Crippen LogP contribution in [0.4, 0.5) is 4.39 Å². The number of aromatic nitrogens is 2. The minimum absolute atomic E-state index is 0.125. The molecule has 6 nitrogen and oxygen atoms in total. The molecular formula is C33H28FN5O. The van der Waals surface area contributed by atoms with Crippen LogP contribution < -0.4 is 0 Å². The summed E-state index contributed by atoms with van der Waals surface area (Å²) in [5.74, 6) is -0.0560. The van der Waals surface area contributed by atoms with Gasteiger partial charge in [-0.2, -0.15) is 10.4 Å². The van der Waals surface area contributed by atoms with Crippen LogP contribution in [0.15, 0.2) is 102 Å². The van der Waals surface area contributed by atoms with Crippen molar-refractivity contribution in [1.29, 1.82) is 5.26 Å². The number of rotatable bonds is 6. The zero-order chi connectivity index (χ0) is 28.0. The summed E-state index contributed by atoms with van der Waals surface area (Å²) in [5, 5.41) is 15.2. The number of nitrogens with zero attached hydrogens (tertiary/aromatic N) is 5. The second-order valence-corrected chi connectivity index (χ2v) is 10.5. The van der Waals surface area contributed by atoms with E-state index in [0.717, 1.165) is 22.2 Å². The summed E-state index contributed by atoms with van der Waals surface area (Å²) in [7, 11) is 0. The molecule has 6 rings (SSSR count). The van der Waals surface area contributed by atoms with Crippen LogP contribution in [0.25, 0.3) is 16.6 Å². The molecule has 1 aromatic heterocycles. The zero-order valence-corrected chi connectivity index (χ0v) is 22.4. The molecule has 1 aliphatic carbocycles. The molecule has 1 saturated carbocycles. The highest BCUT2D eigenvalue weighted by molar-refractivity contribution is 6.46. The number of amides is 1. The minimum Gasteiger partial charge on any atom is -0.336 e. The standard InChI is InChI=1S/C33H28FN5O/c1-4-22(17-35)31(36-5-2)32(40)38-19-28-30(23-9-7-6-8-10-23)33(28,20-38)27-16-24-18-37-39(29(24)15-21(27)3)26-13-11-25(34)12-14-26/h4-16,18,28,30H,2,19-20H2,1,3H3/b22-4-,36-31?/t28-,30-,33+/m1/s1. The minimum atomic E-state index is -0.289. The molecule has 1 saturated heterocycles. The van der Waals surface area contributed by atoms with E-state index in [1.807, 2.05) is 21.8 Å². The molecule has 1 aliphatic heterocycles. The van der Waals surface area contributed by atoms with Crippen molar-refractivity contribution in [2.24, 2.45) is 10.9 Å². The van der Waals surface area contributed by atoms with Gasteiger partial charge >= 0.3 is 0 Å². The topological polar surface area (TPSA) is 74.3 Å². The fourth-order valence-electron chi connectivity index (χ4n) is 6.62. The average Bonchev–Trinajstić information content (AvgIpc) is 3.23. The lowest BCUT2D eigenvalue weighted by Gasteiger charge is -2.26. The third-order valence-corrected chi connectivity index (χ3v) is 8.40. The lowest BCUT2D eigenvalue weighted by atomic mass is 9.86. The first-order valence-electron chi connectivity index (χ1n) is 13.3. The zero-order valence-electron chi connectivity index (χ0n) is 22.4. The van der Waals surface area contributed by atoms with Crippen LogP contribution in [0, 0.1) is 30.0 Å². The smallest absolute Gasteiger partial charge is 0.273 e. The van der Waals surface area contributed by atoms with Crippen LogP contribution in [0.3, 0.4) is 0 Å². The van der Waals surface area contributed by atoms with Gasteiger partial charge in [-0.1, -0.05) is 43.0 Å². The van der Waals surface area contributed by atoms with E-state index >= 15 is 0 Å². The fourth-order valence-corrected chi connectivity index (χ4v) is 6.62. The Morgan fingerprint density at radius 2 is 1.95 bits per heavy atom. The number of aliphatic imine (C=N–C) groups is 1. The Labute approximate surface area is 232 Å². The summed E-state index contributed by atoms with van der Waals surface area (Å²) in [5.41, 5.74) is 5.39. The van der Waals surface area contributed by atoms with Gasteiger partial charge in [0.25, 0.3) is 5.91 Å². The fraction of sp³-hybridized carbons (Fsp3) is 0.212. The van der Waals surface area contributed by atoms with Gasteiger partial charge in [-0.05, 0) is 72.9 Å². The molecule has 198 valence electrons. The van der Waals surface area contributed by atoms with Crippen molar-refractivity contribution in [3.05, 3.63) is 120 Å². The van der Waals surface area contributed by atoms with E-state index in [0.29, 0.717) is 13.1 Å². The first kappa shape index (κ1) is 25.4. The summed E-state index contributed by atoms with van der Waals surface area (Å²) < 4.78 is 15.4. The molecule has 0 bridgehead atoms. The molecule has 2 aliphatic rings. The Morgan fingerprint density at radius 3 is 2.62 bits per heavy atom. The van der Waals surface area contributed by atoms with Gasteiger partial charge in [0.15, 0.2) is 0 Å². The first-order chi connectivity index (χ1) is 19.4. The predicted octanol–water partition coefficient (Wildman–Crippen LogP) is 6.02. The molecule has 7 heteroatoms. The molecule has 40 heavy (non-hydrogen) atoms. The van der Waals surface area contributed by atoms with Gasteiger partial charge in [0, 0.05) is 36.0 Å². The Morgan fingerprint density at radius 1 is 1.20 bits per heavy atom. The highest BCUT2D eigenvalue weighted by atomic mass is 19.1. The van der Waals surface area contributed by atoms with E-state index in [1.165, 1.54) is 29.5 Å². The largest absolute Gasteiger partial charge is 0.336 e.